The van der Waals surface area contributed by atoms with Crippen molar-refractivity contribution in [3.8, 4) is 5.75 Å². The van der Waals surface area contributed by atoms with Crippen LogP contribution in [0.25, 0.3) is 0 Å². The molecule has 4 heterocycles. The zero-order valence-corrected chi connectivity index (χ0v) is 38.8. The number of rotatable bonds is 2. The Morgan fingerprint density at radius 3 is 1.96 bits per heavy atom. The van der Waals surface area contributed by atoms with Gasteiger partial charge in [-0.25, -0.2) is 4.79 Å². The molecule has 0 radical (unpaired) electrons. The van der Waals surface area contributed by atoms with Gasteiger partial charge in [0.25, 0.3) is 0 Å². The number of ether oxygens (including phenoxy) is 3. The average molecular weight is 1020 g/mol. The first-order valence-corrected chi connectivity index (χ1v) is 18.7. The number of carbonyl (C=O) groups is 3. The Hall–Kier alpha value is -0.0864. The van der Waals surface area contributed by atoms with Crippen molar-refractivity contribution in [3.05, 3.63) is 102 Å². The molecule has 3 aromatic rings. The monoisotopic (exact) mass is 1020 g/mol. The SMILES string of the molecule is C1CCOC1.CC(=O)N1CC(=O)C1.C[CH-]C.ClCc1cc(Br)ccc1I.O=C(Oc1ccccc1)N1CC2(C1)OCc1cc(Br)ccc12.[Cl-].[Cl-].[Li+].[Mg+2]. The molecule has 8 nitrogen and oxygen atoms in total. The molecular formula is C36H41Br2Cl3ILiMgN2O6. The van der Waals surface area contributed by atoms with Crippen LogP contribution < -0.4 is 48.4 Å². The maximum absolute atomic E-state index is 12.1. The minimum atomic E-state index is -0.355. The number of benzene rings is 3. The molecule has 0 saturated carbocycles. The first-order valence-electron chi connectivity index (χ1n) is 15.5. The van der Waals surface area contributed by atoms with Gasteiger partial charge in [-0.2, -0.15) is 13.8 Å². The van der Waals surface area contributed by atoms with Crippen molar-refractivity contribution in [2.45, 2.75) is 51.7 Å². The van der Waals surface area contributed by atoms with E-state index >= 15 is 0 Å². The number of nitrogens with zero attached hydrogens (tertiary/aromatic N) is 2. The van der Waals surface area contributed by atoms with Gasteiger partial charge >= 0.3 is 48.0 Å². The number of alkyl halides is 1. The fraction of sp³-hybridized carbons (Fsp3) is 0.389. The largest absolute Gasteiger partial charge is 2.00 e. The predicted molar refractivity (Wildman–Crippen MR) is 210 cm³/mol. The smallest absolute Gasteiger partial charge is 1.00 e. The van der Waals surface area contributed by atoms with Gasteiger partial charge in [0.1, 0.15) is 11.4 Å². The molecule has 3 aromatic carbocycles. The van der Waals surface area contributed by atoms with Crippen molar-refractivity contribution in [2.75, 3.05) is 39.4 Å². The van der Waals surface area contributed by atoms with Crippen LogP contribution in [-0.4, -0.2) is 90.0 Å². The number of para-hydroxylation sites is 1. The van der Waals surface area contributed by atoms with Gasteiger partial charge in [-0.1, -0.05) is 56.1 Å². The zero-order valence-electron chi connectivity index (χ0n) is 29.8. The van der Waals surface area contributed by atoms with Crippen molar-refractivity contribution in [1.29, 1.82) is 0 Å². The number of hydrogen-bond donors (Lipinski definition) is 0. The minimum absolute atomic E-state index is 0. The van der Waals surface area contributed by atoms with Crippen molar-refractivity contribution in [1.82, 2.24) is 9.80 Å². The molecule has 0 aliphatic carbocycles. The van der Waals surface area contributed by atoms with E-state index < -0.39 is 0 Å². The molecule has 0 bridgehead atoms. The molecule has 3 fully saturated rings. The summed E-state index contributed by atoms with van der Waals surface area (Å²) in [6, 6.07) is 21.4. The van der Waals surface area contributed by atoms with Gasteiger partial charge in [-0.3, -0.25) is 9.59 Å². The summed E-state index contributed by atoms with van der Waals surface area (Å²) in [6.07, 6.45) is 4.23. The first-order chi connectivity index (χ1) is 23.0. The summed E-state index contributed by atoms with van der Waals surface area (Å²) < 4.78 is 19.6. The molecule has 52 heavy (non-hydrogen) atoms. The molecule has 276 valence electrons. The van der Waals surface area contributed by atoms with Crippen molar-refractivity contribution in [3.63, 3.8) is 0 Å². The number of hydrogen-bond acceptors (Lipinski definition) is 6. The van der Waals surface area contributed by atoms with Crippen LogP contribution in [-0.2, 0) is 37.2 Å². The summed E-state index contributed by atoms with van der Waals surface area (Å²) in [7, 11) is 0. The Morgan fingerprint density at radius 2 is 1.50 bits per heavy atom. The molecule has 0 unspecified atom stereocenters. The minimum Gasteiger partial charge on any atom is -1.00 e. The molecule has 3 saturated heterocycles. The Morgan fingerprint density at radius 1 is 0.942 bits per heavy atom. The van der Waals surface area contributed by atoms with E-state index in [4.69, 9.17) is 25.8 Å². The summed E-state index contributed by atoms with van der Waals surface area (Å²) in [5.41, 5.74) is 3.19. The van der Waals surface area contributed by atoms with Crippen molar-refractivity contribution < 1.29 is 72.3 Å². The summed E-state index contributed by atoms with van der Waals surface area (Å²) >= 11 is 14.8. The quantitative estimate of drug-likeness (QED) is 0.150. The maximum Gasteiger partial charge on any atom is 2.00 e. The first kappa shape index (κ1) is 54.0. The third-order valence-electron chi connectivity index (χ3n) is 7.32. The van der Waals surface area contributed by atoms with Gasteiger partial charge in [0, 0.05) is 38.5 Å². The Bertz CT molecular complexity index is 1510. The van der Waals surface area contributed by atoms with E-state index in [0.29, 0.717) is 44.4 Å². The Kier molecular flexibility index (Phi) is 29.4. The van der Waals surface area contributed by atoms with Crippen LogP contribution in [0, 0.1) is 9.99 Å². The molecule has 2 amide bonds. The van der Waals surface area contributed by atoms with Gasteiger partial charge in [0.15, 0.2) is 5.78 Å². The Labute approximate surface area is 384 Å². The third-order valence-corrected chi connectivity index (χ3v) is 9.65. The van der Waals surface area contributed by atoms with E-state index in [1.54, 1.807) is 17.0 Å². The third kappa shape index (κ3) is 17.4. The van der Waals surface area contributed by atoms with Crippen LogP contribution in [0.5, 0.6) is 5.75 Å². The molecule has 4 aliphatic heterocycles. The number of amides is 2. The number of carbonyl (C=O) groups excluding carboxylic acids is 3. The van der Waals surface area contributed by atoms with Crippen LogP contribution >= 0.6 is 66.1 Å². The van der Waals surface area contributed by atoms with E-state index in [-0.39, 0.29) is 90.1 Å². The van der Waals surface area contributed by atoms with Gasteiger partial charge < -0.3 is 55.2 Å². The summed E-state index contributed by atoms with van der Waals surface area (Å²) in [5.74, 6) is 1.28. The van der Waals surface area contributed by atoms with Crippen molar-refractivity contribution >= 4 is 107 Å². The molecule has 0 aromatic heterocycles. The van der Waals surface area contributed by atoms with E-state index in [2.05, 4.69) is 66.6 Å². The number of ketones is 1. The van der Waals surface area contributed by atoms with Gasteiger partial charge in [0.05, 0.1) is 32.8 Å². The molecule has 7 rings (SSSR count). The van der Waals surface area contributed by atoms with Crippen LogP contribution in [0.4, 0.5) is 4.79 Å². The molecule has 4 aliphatic rings. The van der Waals surface area contributed by atoms with Gasteiger partial charge in [-0.05, 0) is 94.6 Å². The Balaban J connectivity index is 0. The van der Waals surface area contributed by atoms with Crippen LogP contribution in [0.2, 0.25) is 0 Å². The van der Waals surface area contributed by atoms with E-state index in [9.17, 15) is 14.4 Å². The normalized spacial score (nSPS) is 14.9. The number of halogens is 6. The summed E-state index contributed by atoms with van der Waals surface area (Å²) in [4.78, 5) is 35.9. The number of fused-ring (bicyclic) bond motifs is 2. The fourth-order valence-electron chi connectivity index (χ4n) is 4.79. The standard InChI is InChI=1S/C17H14BrNO3.C7H5BrClI.C5H7NO2.C4H8O.C3H7.2ClH.Li.Mg/c18-13-6-7-15-12(8-13)9-21-17(15)10-19(11-17)16(20)22-14-4-2-1-3-5-14;8-6-1-2-7(10)5(3-6)4-9;1-4(7)6-2-5(8)3-6;1-2-4-5-3-1;1-3-2;;;;/h1-8H,9-11H2;1-3H,4H2;2-3H2,1H3;1-4H2;3H,1-2H3;2*1H;;/q;;;;-1;;;+1;+2/p-2. The second kappa shape index (κ2) is 28.3. The van der Waals surface area contributed by atoms with Crippen molar-refractivity contribution in [2.24, 2.45) is 0 Å². The summed E-state index contributed by atoms with van der Waals surface area (Å²) in [6.45, 7) is 9.79. The number of likely N-dealkylation sites (tertiary alicyclic amines) is 2. The second-order valence-corrected chi connectivity index (χ2v) is 14.6. The maximum atomic E-state index is 12.1. The second-order valence-electron chi connectivity index (χ2n) is 11.3. The molecule has 0 atom stereocenters. The zero-order chi connectivity index (χ0) is 35.1. The van der Waals surface area contributed by atoms with Crippen LogP contribution in [0.15, 0.2) is 75.7 Å². The average Bonchev–Trinajstić information content (AvgIpc) is 3.74. The topological polar surface area (TPSA) is 85.4 Å². The van der Waals surface area contributed by atoms with E-state index in [0.717, 1.165) is 22.2 Å². The van der Waals surface area contributed by atoms with E-state index in [1.165, 1.54) is 44.9 Å². The summed E-state index contributed by atoms with van der Waals surface area (Å²) in [5, 5.41) is 0. The van der Waals surface area contributed by atoms with Crippen LogP contribution in [0.1, 0.15) is 50.3 Å². The predicted octanol–water partition coefficient (Wildman–Crippen LogP) is -0.442. The van der Waals surface area contributed by atoms with Crippen LogP contribution in [0.3, 0.4) is 0 Å². The van der Waals surface area contributed by atoms with E-state index in [1.807, 2.05) is 62.7 Å². The van der Waals surface area contributed by atoms with Gasteiger partial charge in [-0.15, -0.1) is 11.6 Å². The number of Topliss-reactive ketones (excluding diaryl/α,β-unsaturated/α-hetero) is 1. The fourth-order valence-corrected chi connectivity index (χ4v) is 6.58. The molecule has 1 spiro atoms. The molecule has 0 N–H and O–H groups in total. The molecule has 16 heteroatoms. The molecular weight excluding hydrogens is 981 g/mol. The van der Waals surface area contributed by atoms with Gasteiger partial charge in [0.2, 0.25) is 5.91 Å².